The average Bonchev–Trinajstić information content (AvgIpc) is 2.26. The van der Waals surface area contributed by atoms with Crippen molar-refractivity contribution in [1.29, 1.82) is 0 Å². The van der Waals surface area contributed by atoms with Crippen LogP contribution in [0, 0.1) is 0 Å². The molecule has 5 nitrogen and oxygen atoms in total. The molecule has 2 rings (SSSR count). The van der Waals surface area contributed by atoms with E-state index in [1.807, 2.05) is 6.92 Å². The maximum absolute atomic E-state index is 11.5. The molecule has 1 N–H and O–H groups in total. The van der Waals surface area contributed by atoms with Crippen LogP contribution in [-0.2, 0) is 28.4 Å². The third kappa shape index (κ3) is 2.31. The molecule has 1 aliphatic heterocycles. The van der Waals surface area contributed by atoms with Crippen molar-refractivity contribution in [1.82, 2.24) is 4.98 Å². The first-order valence-electron chi connectivity index (χ1n) is 5.38. The van der Waals surface area contributed by atoms with Gasteiger partial charge < -0.3 is 5.11 Å². The standard InChI is InChI=1S/C11H13NO4S/c1-2-9-8(11(13)14)5-7-6-17(15,16)4-3-10(7)12-9/h5H,2-4,6H2,1H3,(H,13,14). The minimum atomic E-state index is -3.09. The van der Waals surface area contributed by atoms with Crippen LogP contribution >= 0.6 is 0 Å². The van der Waals surface area contributed by atoms with Gasteiger partial charge in [-0.05, 0) is 18.1 Å². The number of hydrogen-bond donors (Lipinski definition) is 1. The summed E-state index contributed by atoms with van der Waals surface area (Å²) in [7, 11) is -3.09. The fraction of sp³-hybridized carbons (Fsp3) is 0.455. The van der Waals surface area contributed by atoms with Crippen LogP contribution < -0.4 is 0 Å². The smallest absolute Gasteiger partial charge is 0.337 e. The van der Waals surface area contributed by atoms with Crippen molar-refractivity contribution in [3.8, 4) is 0 Å². The summed E-state index contributed by atoms with van der Waals surface area (Å²) in [6.07, 6.45) is 0.909. The number of rotatable bonds is 2. The maximum atomic E-state index is 11.5. The summed E-state index contributed by atoms with van der Waals surface area (Å²) >= 11 is 0. The van der Waals surface area contributed by atoms with Crippen LogP contribution in [0.3, 0.4) is 0 Å². The Balaban J connectivity index is 2.57. The van der Waals surface area contributed by atoms with Crippen molar-refractivity contribution in [2.75, 3.05) is 5.75 Å². The van der Waals surface area contributed by atoms with E-state index in [1.54, 1.807) is 0 Å². The Labute approximate surface area is 99.4 Å². The number of pyridine rings is 1. The van der Waals surface area contributed by atoms with Crippen LogP contribution in [0.1, 0.15) is 34.2 Å². The number of hydrogen-bond acceptors (Lipinski definition) is 4. The van der Waals surface area contributed by atoms with E-state index in [4.69, 9.17) is 5.11 Å². The van der Waals surface area contributed by atoms with Crippen molar-refractivity contribution in [2.24, 2.45) is 0 Å². The third-order valence-corrected chi connectivity index (χ3v) is 4.44. The topological polar surface area (TPSA) is 84.3 Å². The molecule has 17 heavy (non-hydrogen) atoms. The van der Waals surface area contributed by atoms with Gasteiger partial charge in [0.2, 0.25) is 0 Å². The van der Waals surface area contributed by atoms with Gasteiger partial charge in [-0.1, -0.05) is 6.92 Å². The SMILES string of the molecule is CCc1nc2c(cc1C(=O)O)CS(=O)(=O)CC2. The van der Waals surface area contributed by atoms with Gasteiger partial charge in [0.15, 0.2) is 9.84 Å². The number of aromatic carboxylic acids is 1. The Morgan fingerprint density at radius 2 is 2.24 bits per heavy atom. The summed E-state index contributed by atoms with van der Waals surface area (Å²) in [5.41, 5.74) is 1.89. The van der Waals surface area contributed by atoms with Crippen molar-refractivity contribution < 1.29 is 18.3 Å². The molecule has 0 aromatic carbocycles. The quantitative estimate of drug-likeness (QED) is 0.845. The summed E-state index contributed by atoms with van der Waals surface area (Å²) in [5, 5.41) is 9.04. The van der Waals surface area contributed by atoms with Crippen LogP contribution in [0.4, 0.5) is 0 Å². The zero-order valence-electron chi connectivity index (χ0n) is 9.43. The molecule has 6 heteroatoms. The zero-order chi connectivity index (χ0) is 12.6. The van der Waals surface area contributed by atoms with Crippen molar-refractivity contribution in [3.05, 3.63) is 28.6 Å². The van der Waals surface area contributed by atoms with Crippen LogP contribution in [0.15, 0.2) is 6.07 Å². The van der Waals surface area contributed by atoms with Crippen LogP contribution in [0.5, 0.6) is 0 Å². The molecule has 1 aliphatic rings. The molecule has 2 heterocycles. The van der Waals surface area contributed by atoms with Crippen LogP contribution in [0.2, 0.25) is 0 Å². The van der Waals surface area contributed by atoms with Gasteiger partial charge >= 0.3 is 5.97 Å². The normalized spacial score (nSPS) is 17.5. The Hall–Kier alpha value is -1.43. The molecule has 0 spiro atoms. The minimum Gasteiger partial charge on any atom is -0.478 e. The van der Waals surface area contributed by atoms with E-state index in [0.29, 0.717) is 24.1 Å². The van der Waals surface area contributed by atoms with Crippen molar-refractivity contribution in [2.45, 2.75) is 25.5 Å². The molecule has 0 bridgehead atoms. The lowest BCUT2D eigenvalue weighted by Gasteiger charge is -2.17. The lowest BCUT2D eigenvalue weighted by molar-refractivity contribution is 0.0695. The number of carboxylic acid groups (broad SMARTS) is 1. The van der Waals surface area contributed by atoms with Gasteiger partial charge in [-0.15, -0.1) is 0 Å². The van der Waals surface area contributed by atoms with E-state index in [0.717, 1.165) is 5.69 Å². The zero-order valence-corrected chi connectivity index (χ0v) is 10.2. The maximum Gasteiger partial charge on any atom is 0.337 e. The predicted octanol–water partition coefficient (Wildman–Crippen LogP) is 0.813. The van der Waals surface area contributed by atoms with Crippen molar-refractivity contribution >= 4 is 15.8 Å². The average molecular weight is 255 g/mol. The number of carboxylic acids is 1. The first-order valence-corrected chi connectivity index (χ1v) is 7.20. The van der Waals surface area contributed by atoms with E-state index in [1.165, 1.54) is 6.07 Å². The molecule has 1 aromatic heterocycles. The largest absolute Gasteiger partial charge is 0.478 e. The predicted molar refractivity (Wildman–Crippen MR) is 61.8 cm³/mol. The second-order valence-corrected chi connectivity index (χ2v) is 6.27. The summed E-state index contributed by atoms with van der Waals surface area (Å²) in [4.78, 5) is 15.3. The molecule has 0 saturated carbocycles. The third-order valence-electron chi connectivity index (χ3n) is 2.86. The molecule has 0 atom stereocenters. The summed E-state index contributed by atoms with van der Waals surface area (Å²) in [6, 6.07) is 1.46. The Bertz CT molecular complexity index is 577. The highest BCUT2D eigenvalue weighted by Gasteiger charge is 2.25. The number of fused-ring (bicyclic) bond motifs is 1. The number of sulfone groups is 1. The monoisotopic (exact) mass is 255 g/mol. The number of aryl methyl sites for hydroxylation is 2. The molecular weight excluding hydrogens is 242 g/mol. The molecular formula is C11H13NO4S. The number of nitrogens with zero attached hydrogens (tertiary/aromatic N) is 1. The fourth-order valence-corrected chi connectivity index (χ4v) is 3.37. The fourth-order valence-electron chi connectivity index (χ4n) is 1.99. The molecule has 0 aliphatic carbocycles. The lowest BCUT2D eigenvalue weighted by atomic mass is 10.1. The van der Waals surface area contributed by atoms with Gasteiger partial charge in [0.25, 0.3) is 0 Å². The van der Waals surface area contributed by atoms with Gasteiger partial charge in [-0.2, -0.15) is 0 Å². The van der Waals surface area contributed by atoms with Crippen LogP contribution in [-0.4, -0.2) is 30.2 Å². The van der Waals surface area contributed by atoms with Gasteiger partial charge in [0.05, 0.1) is 22.8 Å². The first-order chi connectivity index (χ1) is 7.93. The van der Waals surface area contributed by atoms with E-state index < -0.39 is 15.8 Å². The summed E-state index contributed by atoms with van der Waals surface area (Å²) in [5.74, 6) is -1.05. The molecule has 92 valence electrons. The lowest BCUT2D eigenvalue weighted by Crippen LogP contribution is -2.22. The summed E-state index contributed by atoms with van der Waals surface area (Å²) < 4.78 is 22.9. The summed E-state index contributed by atoms with van der Waals surface area (Å²) in [6.45, 7) is 1.83. The molecule has 0 saturated heterocycles. The van der Waals surface area contributed by atoms with Crippen LogP contribution in [0.25, 0.3) is 0 Å². The van der Waals surface area contributed by atoms with E-state index in [2.05, 4.69) is 4.98 Å². The first kappa shape index (κ1) is 12.0. The number of aromatic nitrogens is 1. The number of carbonyl (C=O) groups is 1. The van der Waals surface area contributed by atoms with Crippen molar-refractivity contribution in [3.63, 3.8) is 0 Å². The minimum absolute atomic E-state index is 0.0976. The Morgan fingerprint density at radius 3 is 2.82 bits per heavy atom. The van der Waals surface area contributed by atoms with E-state index >= 15 is 0 Å². The van der Waals surface area contributed by atoms with E-state index in [9.17, 15) is 13.2 Å². The van der Waals surface area contributed by atoms with Gasteiger partial charge in [0.1, 0.15) is 0 Å². The highest BCUT2D eigenvalue weighted by atomic mass is 32.2. The molecule has 0 amide bonds. The molecule has 0 fully saturated rings. The van der Waals surface area contributed by atoms with E-state index in [-0.39, 0.29) is 17.1 Å². The highest BCUT2D eigenvalue weighted by Crippen LogP contribution is 2.22. The second kappa shape index (κ2) is 4.10. The van der Waals surface area contributed by atoms with Gasteiger partial charge in [0, 0.05) is 12.1 Å². The Kier molecular flexibility index (Phi) is 2.91. The Morgan fingerprint density at radius 1 is 1.53 bits per heavy atom. The molecule has 0 unspecified atom stereocenters. The molecule has 1 aromatic rings. The highest BCUT2D eigenvalue weighted by molar-refractivity contribution is 7.90. The van der Waals surface area contributed by atoms with Gasteiger partial charge in [-0.25, -0.2) is 13.2 Å². The van der Waals surface area contributed by atoms with Gasteiger partial charge in [-0.3, -0.25) is 4.98 Å². The second-order valence-electron chi connectivity index (χ2n) is 4.09. The molecule has 0 radical (unpaired) electrons.